The summed E-state index contributed by atoms with van der Waals surface area (Å²) in [6, 6.07) is 4.44. The molecule has 20 heavy (non-hydrogen) atoms. The van der Waals surface area contributed by atoms with E-state index in [0.29, 0.717) is 16.9 Å². The number of carbonyl (C=O) groups is 1. The summed E-state index contributed by atoms with van der Waals surface area (Å²) in [4.78, 5) is 12.3. The predicted molar refractivity (Wildman–Crippen MR) is 81.0 cm³/mol. The Kier molecular flexibility index (Phi) is 5.54. The molecule has 5 heteroatoms. The van der Waals surface area contributed by atoms with Gasteiger partial charge in [-0.3, -0.25) is 4.79 Å². The third kappa shape index (κ3) is 3.58. The van der Waals surface area contributed by atoms with Gasteiger partial charge in [0.15, 0.2) is 0 Å². The van der Waals surface area contributed by atoms with Gasteiger partial charge in [-0.15, -0.1) is 0 Å². The van der Waals surface area contributed by atoms with Gasteiger partial charge in [0.05, 0.1) is 5.56 Å². The van der Waals surface area contributed by atoms with Crippen molar-refractivity contribution in [3.8, 4) is 0 Å². The highest BCUT2D eigenvalue weighted by molar-refractivity contribution is 9.10. The van der Waals surface area contributed by atoms with Crippen molar-refractivity contribution in [3.05, 3.63) is 34.1 Å². The number of hydrogen-bond acceptors (Lipinski definition) is 2. The number of carbonyl (C=O) groups excluding carboxylic acids is 1. The third-order valence-electron chi connectivity index (χ3n) is 3.98. The smallest absolute Gasteiger partial charge is 0.255 e. The number of nitrogens with one attached hydrogen (secondary N) is 1. The van der Waals surface area contributed by atoms with Crippen molar-refractivity contribution in [1.82, 2.24) is 5.32 Å². The van der Waals surface area contributed by atoms with Crippen LogP contribution in [0.3, 0.4) is 0 Å². The average Bonchev–Trinajstić information content (AvgIpc) is 2.45. The lowest BCUT2D eigenvalue weighted by Gasteiger charge is -2.30. The number of amides is 1. The quantitative estimate of drug-likeness (QED) is 0.882. The molecular weight excluding hydrogens is 323 g/mol. The molecule has 0 radical (unpaired) electrons. The van der Waals surface area contributed by atoms with Crippen molar-refractivity contribution >= 4 is 21.8 Å². The normalized spacial score (nSPS) is 17.8. The highest BCUT2D eigenvalue weighted by atomic mass is 79.9. The van der Waals surface area contributed by atoms with Crippen molar-refractivity contribution < 1.29 is 9.18 Å². The second-order valence-electron chi connectivity index (χ2n) is 5.31. The molecule has 1 fully saturated rings. The summed E-state index contributed by atoms with van der Waals surface area (Å²) >= 11 is 3.22. The lowest BCUT2D eigenvalue weighted by atomic mass is 9.84. The van der Waals surface area contributed by atoms with Crippen LogP contribution in [0, 0.1) is 11.7 Å². The Balaban J connectivity index is 2.09. The van der Waals surface area contributed by atoms with Crippen LogP contribution >= 0.6 is 15.9 Å². The second kappa shape index (κ2) is 7.18. The van der Waals surface area contributed by atoms with Gasteiger partial charge in [0.25, 0.3) is 5.91 Å². The van der Waals surface area contributed by atoms with Gasteiger partial charge in [0.1, 0.15) is 5.82 Å². The maximum absolute atomic E-state index is 13.8. The molecule has 3 nitrogen and oxygen atoms in total. The molecule has 1 aromatic carbocycles. The standard InChI is InChI=1S/C15H20BrFN2O/c16-11-7-4-8-12(17)14(11)15(20)19-13(9-18)10-5-2-1-3-6-10/h4,7-8,10,13H,1-3,5-6,9,18H2,(H,19,20). The molecule has 1 aliphatic carbocycles. The summed E-state index contributed by atoms with van der Waals surface area (Å²) < 4.78 is 14.2. The fourth-order valence-corrected chi connectivity index (χ4v) is 3.38. The number of halogens is 2. The Morgan fingerprint density at radius 1 is 1.40 bits per heavy atom. The van der Waals surface area contributed by atoms with Crippen molar-refractivity contribution in [2.24, 2.45) is 11.7 Å². The summed E-state index contributed by atoms with van der Waals surface area (Å²) in [7, 11) is 0. The Labute approximate surface area is 127 Å². The third-order valence-corrected chi connectivity index (χ3v) is 4.64. The number of benzene rings is 1. The Hall–Kier alpha value is -0.940. The molecule has 0 aliphatic heterocycles. The van der Waals surface area contributed by atoms with Gasteiger partial charge >= 0.3 is 0 Å². The minimum Gasteiger partial charge on any atom is -0.348 e. The largest absolute Gasteiger partial charge is 0.348 e. The van der Waals surface area contributed by atoms with E-state index >= 15 is 0 Å². The van der Waals surface area contributed by atoms with E-state index in [1.165, 1.54) is 25.3 Å². The van der Waals surface area contributed by atoms with Gasteiger partial charge < -0.3 is 11.1 Å². The fraction of sp³-hybridized carbons (Fsp3) is 0.533. The molecule has 1 atom stereocenters. The fourth-order valence-electron chi connectivity index (χ4n) is 2.86. The summed E-state index contributed by atoms with van der Waals surface area (Å²) in [5.41, 5.74) is 5.84. The van der Waals surface area contributed by atoms with Crippen molar-refractivity contribution in [2.45, 2.75) is 38.1 Å². The molecule has 1 amide bonds. The molecule has 3 N–H and O–H groups in total. The Morgan fingerprint density at radius 2 is 2.10 bits per heavy atom. The van der Waals surface area contributed by atoms with Crippen molar-refractivity contribution in [2.75, 3.05) is 6.54 Å². The van der Waals surface area contributed by atoms with Crippen molar-refractivity contribution in [3.63, 3.8) is 0 Å². The molecule has 2 rings (SSSR count). The van der Waals surface area contributed by atoms with E-state index in [0.717, 1.165) is 12.8 Å². The summed E-state index contributed by atoms with van der Waals surface area (Å²) in [6.07, 6.45) is 5.78. The first-order chi connectivity index (χ1) is 9.63. The summed E-state index contributed by atoms with van der Waals surface area (Å²) in [5, 5.41) is 2.90. The molecular formula is C15H20BrFN2O. The van der Waals surface area contributed by atoms with Gasteiger partial charge in [0.2, 0.25) is 0 Å². The molecule has 0 heterocycles. The van der Waals surface area contributed by atoms with Crippen molar-refractivity contribution in [1.29, 1.82) is 0 Å². The zero-order valence-corrected chi connectivity index (χ0v) is 13.0. The molecule has 0 aromatic heterocycles. The molecule has 0 bridgehead atoms. The first kappa shape index (κ1) is 15.4. The molecule has 1 saturated carbocycles. The van der Waals surface area contributed by atoms with Crippen LogP contribution in [0.4, 0.5) is 4.39 Å². The topological polar surface area (TPSA) is 55.1 Å². The highest BCUT2D eigenvalue weighted by Crippen LogP contribution is 2.27. The maximum atomic E-state index is 13.8. The highest BCUT2D eigenvalue weighted by Gasteiger charge is 2.25. The van der Waals surface area contributed by atoms with E-state index < -0.39 is 11.7 Å². The van der Waals surface area contributed by atoms with Crippen LogP contribution in [0.5, 0.6) is 0 Å². The van der Waals surface area contributed by atoms with Crippen LogP contribution in [0.15, 0.2) is 22.7 Å². The molecule has 110 valence electrons. The first-order valence-electron chi connectivity index (χ1n) is 7.08. The second-order valence-corrected chi connectivity index (χ2v) is 6.16. The van der Waals surface area contributed by atoms with Crippen LogP contribution in [0.1, 0.15) is 42.5 Å². The average molecular weight is 343 g/mol. The minimum atomic E-state index is -0.517. The van der Waals surface area contributed by atoms with E-state index in [9.17, 15) is 9.18 Å². The Morgan fingerprint density at radius 3 is 2.70 bits per heavy atom. The van der Waals surface area contributed by atoms with Gasteiger partial charge in [-0.2, -0.15) is 0 Å². The Bertz CT molecular complexity index is 455. The summed E-state index contributed by atoms with van der Waals surface area (Å²) in [6.45, 7) is 0.391. The molecule has 1 aromatic rings. The van der Waals surface area contributed by atoms with E-state index in [1.807, 2.05) is 0 Å². The van der Waals surface area contributed by atoms with E-state index in [-0.39, 0.29) is 11.6 Å². The van der Waals surface area contributed by atoms with Crippen LogP contribution < -0.4 is 11.1 Å². The number of nitrogens with two attached hydrogens (primary N) is 1. The molecule has 0 saturated heterocycles. The minimum absolute atomic E-state index is 0.0572. The van der Waals surface area contributed by atoms with Gasteiger partial charge in [-0.25, -0.2) is 4.39 Å². The van der Waals surface area contributed by atoms with Gasteiger partial charge in [0, 0.05) is 17.1 Å². The van der Waals surface area contributed by atoms with Gasteiger partial charge in [-0.1, -0.05) is 25.3 Å². The lowest BCUT2D eigenvalue weighted by Crippen LogP contribution is -2.46. The van der Waals surface area contributed by atoms with Gasteiger partial charge in [-0.05, 0) is 46.8 Å². The number of rotatable bonds is 4. The SMILES string of the molecule is NCC(NC(=O)c1c(F)cccc1Br)C1CCCCC1. The summed E-state index contributed by atoms with van der Waals surface area (Å²) in [5.74, 6) is -0.504. The zero-order valence-electron chi connectivity index (χ0n) is 11.4. The maximum Gasteiger partial charge on any atom is 0.255 e. The predicted octanol–water partition coefficient (Wildman–Crippen LogP) is 3.23. The molecule has 1 unspecified atom stereocenters. The molecule has 1 aliphatic rings. The van der Waals surface area contributed by atoms with Crippen LogP contribution in [-0.2, 0) is 0 Å². The first-order valence-corrected chi connectivity index (χ1v) is 7.87. The zero-order chi connectivity index (χ0) is 14.5. The van der Waals surface area contributed by atoms with Crippen LogP contribution in [0.2, 0.25) is 0 Å². The van der Waals surface area contributed by atoms with E-state index in [4.69, 9.17) is 5.73 Å². The van der Waals surface area contributed by atoms with E-state index in [1.54, 1.807) is 12.1 Å². The monoisotopic (exact) mass is 342 g/mol. The van der Waals surface area contributed by atoms with Crippen LogP contribution in [-0.4, -0.2) is 18.5 Å². The van der Waals surface area contributed by atoms with Crippen LogP contribution in [0.25, 0.3) is 0 Å². The number of hydrogen-bond donors (Lipinski definition) is 2. The molecule has 0 spiro atoms. The van der Waals surface area contributed by atoms with E-state index in [2.05, 4.69) is 21.2 Å². The lowest BCUT2D eigenvalue weighted by molar-refractivity contribution is 0.0910.